The van der Waals surface area contributed by atoms with Gasteiger partial charge in [-0.25, -0.2) is 4.98 Å². The van der Waals surface area contributed by atoms with Crippen LogP contribution in [-0.4, -0.2) is 52.8 Å². The summed E-state index contributed by atoms with van der Waals surface area (Å²) in [6.45, 7) is 5.38. The Hall–Kier alpha value is -1.96. The molecule has 6 nitrogen and oxygen atoms in total. The molecule has 0 spiro atoms. The average Bonchev–Trinajstić information content (AvgIpc) is 3.16. The summed E-state index contributed by atoms with van der Waals surface area (Å²) in [6, 6.07) is 6.30. The second kappa shape index (κ2) is 8.82. The van der Waals surface area contributed by atoms with Gasteiger partial charge >= 0.3 is 0 Å². The van der Waals surface area contributed by atoms with Gasteiger partial charge in [0, 0.05) is 31.9 Å². The molecule has 0 unspecified atom stereocenters. The Balaban J connectivity index is 0.00000261. The SMILES string of the molecule is CCc1ccc2nc(N(CCN(C)C)C(=O)c3nn(C)cc3C)sc2c1.Cl. The summed E-state index contributed by atoms with van der Waals surface area (Å²) in [5.41, 5.74) is 3.57. The molecule has 0 atom stereocenters. The van der Waals surface area contributed by atoms with Gasteiger partial charge in [-0.05, 0) is 45.1 Å². The Morgan fingerprint density at radius 2 is 2.00 bits per heavy atom. The summed E-state index contributed by atoms with van der Waals surface area (Å²) in [5, 5.41) is 5.08. The van der Waals surface area contributed by atoms with Gasteiger partial charge in [0.2, 0.25) is 0 Å². The fourth-order valence-corrected chi connectivity index (χ4v) is 3.88. The average molecular weight is 408 g/mol. The van der Waals surface area contributed by atoms with Crippen LogP contribution in [0.2, 0.25) is 0 Å². The molecule has 0 saturated heterocycles. The van der Waals surface area contributed by atoms with Gasteiger partial charge in [-0.2, -0.15) is 5.10 Å². The molecule has 3 rings (SSSR count). The quantitative estimate of drug-likeness (QED) is 0.627. The summed E-state index contributed by atoms with van der Waals surface area (Å²) in [4.78, 5) is 21.7. The van der Waals surface area contributed by atoms with E-state index in [0.29, 0.717) is 12.2 Å². The van der Waals surface area contributed by atoms with Crippen molar-refractivity contribution in [1.29, 1.82) is 0 Å². The number of hydrogen-bond acceptors (Lipinski definition) is 5. The van der Waals surface area contributed by atoms with Gasteiger partial charge in [-0.3, -0.25) is 14.4 Å². The van der Waals surface area contributed by atoms with E-state index in [1.807, 2.05) is 40.3 Å². The first-order valence-corrected chi connectivity index (χ1v) is 9.57. The highest BCUT2D eigenvalue weighted by Crippen LogP contribution is 2.30. The molecule has 2 aromatic heterocycles. The summed E-state index contributed by atoms with van der Waals surface area (Å²) in [5.74, 6) is -0.0975. The van der Waals surface area contributed by atoms with Gasteiger partial charge in [0.1, 0.15) is 0 Å². The first kappa shape index (κ1) is 21.3. The summed E-state index contributed by atoms with van der Waals surface area (Å²) < 4.78 is 2.79. The van der Waals surface area contributed by atoms with Crippen LogP contribution >= 0.6 is 23.7 Å². The van der Waals surface area contributed by atoms with Crippen molar-refractivity contribution >= 4 is 45.0 Å². The van der Waals surface area contributed by atoms with Gasteiger partial charge < -0.3 is 4.90 Å². The third kappa shape index (κ3) is 4.66. The Morgan fingerprint density at radius 3 is 2.59 bits per heavy atom. The molecule has 0 saturated carbocycles. The minimum atomic E-state index is -0.0975. The van der Waals surface area contributed by atoms with Crippen LogP contribution in [0.3, 0.4) is 0 Å². The normalized spacial score (nSPS) is 11.0. The number of benzene rings is 1. The number of aromatic nitrogens is 3. The molecule has 0 aliphatic rings. The van der Waals surface area contributed by atoms with Crippen molar-refractivity contribution in [1.82, 2.24) is 19.7 Å². The van der Waals surface area contributed by atoms with E-state index < -0.39 is 0 Å². The Morgan fingerprint density at radius 1 is 1.26 bits per heavy atom. The topological polar surface area (TPSA) is 54.3 Å². The highest BCUT2D eigenvalue weighted by molar-refractivity contribution is 7.22. The maximum absolute atomic E-state index is 13.2. The minimum Gasteiger partial charge on any atom is -0.308 e. The number of halogens is 1. The first-order chi connectivity index (χ1) is 12.4. The molecule has 1 aromatic carbocycles. The fourth-order valence-electron chi connectivity index (χ4n) is 2.82. The lowest BCUT2D eigenvalue weighted by Crippen LogP contribution is -2.37. The van der Waals surface area contributed by atoms with Crippen LogP contribution in [0.1, 0.15) is 28.5 Å². The molecular weight excluding hydrogens is 382 g/mol. The Kier molecular flexibility index (Phi) is 6.97. The molecular formula is C19H26ClN5OS. The van der Waals surface area contributed by atoms with Gasteiger partial charge in [0.25, 0.3) is 5.91 Å². The number of nitrogens with zero attached hydrogens (tertiary/aromatic N) is 5. The third-order valence-electron chi connectivity index (χ3n) is 4.31. The van der Waals surface area contributed by atoms with Crippen LogP contribution in [0.5, 0.6) is 0 Å². The van der Waals surface area contributed by atoms with Crippen LogP contribution in [0.4, 0.5) is 5.13 Å². The van der Waals surface area contributed by atoms with E-state index in [4.69, 9.17) is 4.98 Å². The van der Waals surface area contributed by atoms with E-state index >= 15 is 0 Å². The zero-order valence-corrected chi connectivity index (χ0v) is 18.0. The molecule has 0 aliphatic carbocycles. The predicted octanol–water partition coefficient (Wildman–Crippen LogP) is 3.53. The number of aryl methyl sites for hydroxylation is 3. The number of likely N-dealkylation sites (N-methyl/N-ethyl adjacent to an activating group) is 1. The third-order valence-corrected chi connectivity index (χ3v) is 5.35. The minimum absolute atomic E-state index is 0. The molecule has 2 heterocycles. The number of carbonyl (C=O) groups excluding carboxylic acids is 1. The molecule has 1 amide bonds. The van der Waals surface area contributed by atoms with Crippen molar-refractivity contribution in [2.24, 2.45) is 7.05 Å². The second-order valence-electron chi connectivity index (χ2n) is 6.75. The molecule has 146 valence electrons. The van der Waals surface area contributed by atoms with Crippen molar-refractivity contribution in [3.63, 3.8) is 0 Å². The molecule has 3 aromatic rings. The number of thiazole rings is 1. The molecule has 0 radical (unpaired) electrons. The molecule has 8 heteroatoms. The zero-order valence-electron chi connectivity index (χ0n) is 16.4. The van der Waals surface area contributed by atoms with Crippen molar-refractivity contribution in [2.75, 3.05) is 32.1 Å². The van der Waals surface area contributed by atoms with Crippen molar-refractivity contribution in [3.05, 3.63) is 41.2 Å². The number of rotatable bonds is 6. The van der Waals surface area contributed by atoms with Crippen LogP contribution in [0.15, 0.2) is 24.4 Å². The molecule has 0 bridgehead atoms. The standard InChI is InChI=1S/C19H25N5OS.ClH/c1-6-14-7-8-15-16(11-14)26-19(20-15)24(10-9-22(3)4)18(25)17-13(2)12-23(5)21-17;/h7-8,11-12H,6,9-10H2,1-5H3;1H. The molecule has 27 heavy (non-hydrogen) atoms. The smallest absolute Gasteiger partial charge is 0.280 e. The summed E-state index contributed by atoms with van der Waals surface area (Å²) >= 11 is 1.56. The predicted molar refractivity (Wildman–Crippen MR) is 114 cm³/mol. The highest BCUT2D eigenvalue weighted by atomic mass is 35.5. The summed E-state index contributed by atoms with van der Waals surface area (Å²) in [7, 11) is 5.83. The molecule has 0 fully saturated rings. The largest absolute Gasteiger partial charge is 0.308 e. The van der Waals surface area contributed by atoms with Crippen LogP contribution in [-0.2, 0) is 13.5 Å². The van der Waals surface area contributed by atoms with Gasteiger partial charge in [-0.15, -0.1) is 12.4 Å². The Bertz CT molecular complexity index is 933. The number of anilines is 1. The highest BCUT2D eigenvalue weighted by Gasteiger charge is 2.25. The van der Waals surface area contributed by atoms with E-state index in [2.05, 4.69) is 29.1 Å². The lowest BCUT2D eigenvalue weighted by atomic mass is 10.2. The second-order valence-corrected chi connectivity index (χ2v) is 7.76. The van der Waals surface area contributed by atoms with E-state index in [0.717, 1.165) is 33.9 Å². The lowest BCUT2D eigenvalue weighted by Gasteiger charge is -2.21. The van der Waals surface area contributed by atoms with E-state index in [1.165, 1.54) is 5.56 Å². The lowest BCUT2D eigenvalue weighted by molar-refractivity contribution is 0.0979. The van der Waals surface area contributed by atoms with E-state index in [9.17, 15) is 4.79 Å². The number of carbonyl (C=O) groups is 1. The summed E-state index contributed by atoms with van der Waals surface area (Å²) in [6.07, 6.45) is 2.85. The molecule has 0 N–H and O–H groups in total. The van der Waals surface area contributed by atoms with Crippen LogP contribution in [0.25, 0.3) is 10.2 Å². The monoisotopic (exact) mass is 407 g/mol. The Labute approximate surface area is 170 Å². The first-order valence-electron chi connectivity index (χ1n) is 8.75. The van der Waals surface area contributed by atoms with Crippen molar-refractivity contribution in [3.8, 4) is 0 Å². The van der Waals surface area contributed by atoms with Gasteiger partial charge in [0.15, 0.2) is 10.8 Å². The van der Waals surface area contributed by atoms with Crippen molar-refractivity contribution < 1.29 is 4.79 Å². The van der Waals surface area contributed by atoms with E-state index in [1.54, 1.807) is 20.9 Å². The van der Waals surface area contributed by atoms with Gasteiger partial charge in [0.05, 0.1) is 10.2 Å². The maximum atomic E-state index is 13.2. The maximum Gasteiger partial charge on any atom is 0.280 e. The number of amides is 1. The fraction of sp³-hybridized carbons (Fsp3) is 0.421. The molecule has 0 aliphatic heterocycles. The number of hydrogen-bond donors (Lipinski definition) is 0. The van der Waals surface area contributed by atoms with E-state index in [-0.39, 0.29) is 18.3 Å². The van der Waals surface area contributed by atoms with Gasteiger partial charge in [-0.1, -0.05) is 24.3 Å². The number of fused-ring (bicyclic) bond motifs is 1. The van der Waals surface area contributed by atoms with Crippen LogP contribution < -0.4 is 4.90 Å². The van der Waals surface area contributed by atoms with Crippen LogP contribution in [0, 0.1) is 6.92 Å². The van der Waals surface area contributed by atoms with Crippen molar-refractivity contribution in [2.45, 2.75) is 20.3 Å². The zero-order chi connectivity index (χ0) is 18.8.